The van der Waals surface area contributed by atoms with Crippen LogP contribution in [0.25, 0.3) is 10.9 Å². The SMILES string of the molecule is Cc1cccc(S(=O)(=O)N[C@@](C)(Cc2c[nH]c3ccccc23)C(=O)NCC2(c3ccccn3)CCCCC2)c1. The van der Waals surface area contributed by atoms with Crippen LogP contribution in [0.15, 0.2) is 84.0 Å². The molecule has 0 bridgehead atoms. The molecule has 2 aromatic carbocycles. The second-order valence-electron chi connectivity index (χ2n) is 11.0. The van der Waals surface area contributed by atoms with Crippen LogP contribution in [0.5, 0.6) is 0 Å². The first-order valence-electron chi connectivity index (χ1n) is 13.6. The lowest BCUT2D eigenvalue weighted by molar-refractivity contribution is -0.126. The largest absolute Gasteiger partial charge is 0.361 e. The van der Waals surface area contributed by atoms with E-state index in [-0.39, 0.29) is 22.6 Å². The Labute approximate surface area is 230 Å². The highest BCUT2D eigenvalue weighted by atomic mass is 32.2. The highest BCUT2D eigenvalue weighted by Crippen LogP contribution is 2.38. The van der Waals surface area contributed by atoms with E-state index in [2.05, 4.69) is 20.0 Å². The van der Waals surface area contributed by atoms with Crippen molar-refractivity contribution in [3.05, 3.63) is 95.9 Å². The second-order valence-corrected chi connectivity index (χ2v) is 12.7. The first-order valence-corrected chi connectivity index (χ1v) is 15.0. The van der Waals surface area contributed by atoms with Crippen LogP contribution in [0.3, 0.4) is 0 Å². The Morgan fingerprint density at radius 3 is 2.54 bits per heavy atom. The van der Waals surface area contributed by atoms with Crippen molar-refractivity contribution in [2.75, 3.05) is 6.54 Å². The van der Waals surface area contributed by atoms with Crippen LogP contribution in [0.1, 0.15) is 55.8 Å². The average molecular weight is 545 g/mol. The number of pyridine rings is 1. The standard InChI is InChI=1S/C31H36N4O3S/c1-23-11-10-12-25(19-23)39(37,38)35-30(2,20-24-21-33-27-14-5-4-13-26(24)27)29(36)34-22-31(16-7-3-8-17-31)28-15-6-9-18-32-28/h4-6,9-15,18-19,21,33,35H,3,7-8,16-17,20,22H2,1-2H3,(H,34,36)/t30-/m0/s1. The van der Waals surface area contributed by atoms with Crippen molar-refractivity contribution in [2.24, 2.45) is 0 Å². The third-order valence-corrected chi connectivity index (χ3v) is 9.58. The third kappa shape index (κ3) is 5.77. The molecule has 1 saturated carbocycles. The van der Waals surface area contributed by atoms with E-state index in [4.69, 9.17) is 0 Å². The smallest absolute Gasteiger partial charge is 0.241 e. The summed E-state index contributed by atoms with van der Waals surface area (Å²) < 4.78 is 29.9. The third-order valence-electron chi connectivity index (χ3n) is 7.99. The van der Waals surface area contributed by atoms with Crippen molar-refractivity contribution >= 4 is 26.8 Å². The molecule has 0 radical (unpaired) electrons. The Morgan fingerprint density at radius 2 is 1.79 bits per heavy atom. The van der Waals surface area contributed by atoms with Gasteiger partial charge in [0.1, 0.15) is 5.54 Å². The number of rotatable bonds is 9. The molecule has 1 atom stereocenters. The molecule has 1 aliphatic rings. The van der Waals surface area contributed by atoms with Gasteiger partial charge in [0.25, 0.3) is 0 Å². The fourth-order valence-electron chi connectivity index (χ4n) is 5.83. The summed E-state index contributed by atoms with van der Waals surface area (Å²) in [5.74, 6) is -0.357. The van der Waals surface area contributed by atoms with Crippen molar-refractivity contribution in [2.45, 2.75) is 68.2 Å². The molecule has 8 heteroatoms. The molecular formula is C31H36N4O3S. The zero-order valence-electron chi connectivity index (χ0n) is 22.5. The number of aromatic amines is 1. The Kier molecular flexibility index (Phi) is 7.60. The lowest BCUT2D eigenvalue weighted by Crippen LogP contribution is -2.59. The molecule has 204 valence electrons. The summed E-state index contributed by atoms with van der Waals surface area (Å²) >= 11 is 0. The summed E-state index contributed by atoms with van der Waals surface area (Å²) in [6.07, 6.45) is 8.99. The molecule has 3 N–H and O–H groups in total. The number of carbonyl (C=O) groups excluding carboxylic acids is 1. The average Bonchev–Trinajstić information content (AvgIpc) is 3.34. The highest BCUT2D eigenvalue weighted by Gasteiger charge is 2.41. The highest BCUT2D eigenvalue weighted by molar-refractivity contribution is 7.89. The molecule has 0 aliphatic heterocycles. The van der Waals surface area contributed by atoms with Gasteiger partial charge in [-0.1, -0.05) is 55.7 Å². The Morgan fingerprint density at radius 1 is 1.03 bits per heavy atom. The lowest BCUT2D eigenvalue weighted by atomic mass is 9.71. The fourth-order valence-corrected chi connectivity index (χ4v) is 7.31. The van der Waals surface area contributed by atoms with E-state index in [9.17, 15) is 13.2 Å². The number of aryl methyl sites for hydroxylation is 1. The second kappa shape index (κ2) is 10.9. The Balaban J connectivity index is 1.47. The molecule has 1 amide bonds. The summed E-state index contributed by atoms with van der Waals surface area (Å²) in [7, 11) is -3.99. The van der Waals surface area contributed by atoms with Gasteiger partial charge in [-0.2, -0.15) is 4.72 Å². The van der Waals surface area contributed by atoms with Gasteiger partial charge in [-0.3, -0.25) is 9.78 Å². The number of amides is 1. The first-order chi connectivity index (χ1) is 18.7. The van der Waals surface area contributed by atoms with E-state index in [1.165, 1.54) is 0 Å². The minimum atomic E-state index is -3.99. The number of carbonyl (C=O) groups is 1. The number of benzene rings is 2. The Bertz CT molecular complexity index is 1560. The number of para-hydroxylation sites is 1. The number of H-pyrrole nitrogens is 1. The number of hydrogen-bond acceptors (Lipinski definition) is 4. The normalized spacial score (nSPS) is 17.0. The summed E-state index contributed by atoms with van der Waals surface area (Å²) in [6, 6.07) is 20.5. The van der Waals surface area contributed by atoms with Gasteiger partial charge in [0.05, 0.1) is 4.90 Å². The van der Waals surface area contributed by atoms with Gasteiger partial charge >= 0.3 is 0 Å². The van der Waals surface area contributed by atoms with Crippen LogP contribution in [0.2, 0.25) is 0 Å². The first kappa shape index (κ1) is 27.1. The summed E-state index contributed by atoms with van der Waals surface area (Å²) in [5, 5.41) is 4.12. The van der Waals surface area contributed by atoms with Crippen molar-refractivity contribution in [1.82, 2.24) is 20.0 Å². The maximum absolute atomic E-state index is 14.1. The molecule has 39 heavy (non-hydrogen) atoms. The van der Waals surface area contributed by atoms with Crippen LogP contribution in [0, 0.1) is 6.92 Å². The van der Waals surface area contributed by atoms with E-state index in [0.717, 1.165) is 59.8 Å². The van der Waals surface area contributed by atoms with E-state index >= 15 is 0 Å². The van der Waals surface area contributed by atoms with Gasteiger partial charge in [0.2, 0.25) is 15.9 Å². The minimum Gasteiger partial charge on any atom is -0.361 e. The van der Waals surface area contributed by atoms with Crippen molar-refractivity contribution < 1.29 is 13.2 Å². The van der Waals surface area contributed by atoms with Crippen molar-refractivity contribution in [1.29, 1.82) is 0 Å². The maximum atomic E-state index is 14.1. The molecule has 0 unspecified atom stereocenters. The van der Waals surface area contributed by atoms with Crippen LogP contribution in [0.4, 0.5) is 0 Å². The van der Waals surface area contributed by atoms with Gasteiger partial charge in [-0.25, -0.2) is 8.42 Å². The quantitative estimate of drug-likeness (QED) is 0.270. The molecule has 7 nitrogen and oxygen atoms in total. The van der Waals surface area contributed by atoms with Gasteiger partial charge in [0.15, 0.2) is 0 Å². The van der Waals surface area contributed by atoms with E-state index in [1.807, 2.05) is 61.7 Å². The molecule has 1 fully saturated rings. The van der Waals surface area contributed by atoms with Gasteiger partial charge in [0, 0.05) is 47.4 Å². The van der Waals surface area contributed by atoms with Gasteiger partial charge < -0.3 is 10.3 Å². The van der Waals surface area contributed by atoms with Crippen molar-refractivity contribution in [3.8, 4) is 0 Å². The lowest BCUT2D eigenvalue weighted by Gasteiger charge is -2.38. The predicted octanol–water partition coefficient (Wildman–Crippen LogP) is 5.17. The molecule has 5 rings (SSSR count). The van der Waals surface area contributed by atoms with E-state index in [0.29, 0.717) is 6.54 Å². The number of aromatic nitrogens is 2. The predicted molar refractivity (Wildman–Crippen MR) is 154 cm³/mol. The Hall–Kier alpha value is -3.49. The van der Waals surface area contributed by atoms with Gasteiger partial charge in [-0.05, 0) is 68.1 Å². The summed E-state index contributed by atoms with van der Waals surface area (Å²) in [5.41, 5.74) is 1.90. The van der Waals surface area contributed by atoms with Crippen molar-refractivity contribution in [3.63, 3.8) is 0 Å². The fraction of sp³-hybridized carbons (Fsp3) is 0.355. The van der Waals surface area contributed by atoms with E-state index in [1.54, 1.807) is 31.3 Å². The molecule has 2 heterocycles. The van der Waals surface area contributed by atoms with Crippen LogP contribution in [-0.4, -0.2) is 36.4 Å². The van der Waals surface area contributed by atoms with Crippen LogP contribution >= 0.6 is 0 Å². The summed E-state index contributed by atoms with van der Waals surface area (Å²) in [4.78, 5) is 22.1. The molecule has 1 aliphatic carbocycles. The van der Waals surface area contributed by atoms with Gasteiger partial charge in [-0.15, -0.1) is 0 Å². The monoisotopic (exact) mass is 544 g/mol. The maximum Gasteiger partial charge on any atom is 0.241 e. The number of sulfonamides is 1. The number of hydrogen-bond donors (Lipinski definition) is 3. The molecular weight excluding hydrogens is 508 g/mol. The molecule has 4 aromatic rings. The molecule has 0 saturated heterocycles. The van der Waals surface area contributed by atoms with Crippen LogP contribution < -0.4 is 10.0 Å². The molecule has 0 spiro atoms. The molecule has 2 aromatic heterocycles. The minimum absolute atomic E-state index is 0.137. The summed E-state index contributed by atoms with van der Waals surface area (Å²) in [6.45, 7) is 3.92. The zero-order chi connectivity index (χ0) is 27.5. The number of nitrogens with zero attached hydrogens (tertiary/aromatic N) is 1. The topological polar surface area (TPSA) is 104 Å². The van der Waals surface area contributed by atoms with Crippen LogP contribution in [-0.2, 0) is 26.7 Å². The number of nitrogens with one attached hydrogen (secondary N) is 3. The zero-order valence-corrected chi connectivity index (χ0v) is 23.4. The van der Waals surface area contributed by atoms with E-state index < -0.39 is 15.6 Å². The number of fused-ring (bicyclic) bond motifs is 1.